The lowest BCUT2D eigenvalue weighted by Crippen LogP contribution is -2.37. The van der Waals surface area contributed by atoms with E-state index in [1.807, 2.05) is 6.92 Å². The van der Waals surface area contributed by atoms with E-state index in [4.69, 9.17) is 0 Å². The van der Waals surface area contributed by atoms with Gasteiger partial charge in [-0.1, -0.05) is 6.92 Å². The maximum absolute atomic E-state index is 13.3. The molecule has 29 heavy (non-hydrogen) atoms. The van der Waals surface area contributed by atoms with Gasteiger partial charge in [-0.2, -0.15) is 15.5 Å². The van der Waals surface area contributed by atoms with Gasteiger partial charge in [-0.15, -0.1) is 0 Å². The van der Waals surface area contributed by atoms with Gasteiger partial charge in [0.2, 0.25) is 5.91 Å². The van der Waals surface area contributed by atoms with Crippen LogP contribution in [0.5, 0.6) is 0 Å². The first-order valence-electron chi connectivity index (χ1n) is 9.49. The quantitative estimate of drug-likeness (QED) is 0.677. The van der Waals surface area contributed by atoms with Crippen molar-refractivity contribution in [1.29, 1.82) is 5.26 Å². The summed E-state index contributed by atoms with van der Waals surface area (Å²) in [4.78, 5) is 15.0. The molecule has 0 bridgehead atoms. The largest absolute Gasteiger partial charge is 0.309 e. The van der Waals surface area contributed by atoms with Gasteiger partial charge in [0.05, 0.1) is 40.9 Å². The first kappa shape index (κ1) is 17.8. The molecule has 1 amide bonds. The second-order valence-corrected chi connectivity index (χ2v) is 7.84. The van der Waals surface area contributed by atoms with Crippen molar-refractivity contribution >= 4 is 17.1 Å². The Hall–Kier alpha value is -3.28. The number of carbonyl (C=O) groups is 1. The Morgan fingerprint density at radius 3 is 2.76 bits per heavy atom. The molecule has 2 fully saturated rings. The molecule has 1 aliphatic carbocycles. The summed E-state index contributed by atoms with van der Waals surface area (Å²) in [5.41, 5.74) is 0.735. The van der Waals surface area contributed by atoms with Crippen molar-refractivity contribution in [1.82, 2.24) is 19.4 Å². The number of rotatable bonds is 4. The first-order valence-corrected chi connectivity index (χ1v) is 9.49. The molecule has 0 unspecified atom stereocenters. The summed E-state index contributed by atoms with van der Waals surface area (Å²) < 4.78 is 28.7. The van der Waals surface area contributed by atoms with Gasteiger partial charge in [-0.05, 0) is 30.9 Å². The number of hydrogen-bond acceptors (Lipinski definition) is 4. The molecular formula is C20H18F2N6O. The van der Waals surface area contributed by atoms with E-state index in [2.05, 4.69) is 16.3 Å². The number of aromatic nitrogens is 4. The molecule has 7 nitrogen and oxygen atoms in total. The fraction of sp³-hybridized carbons (Fsp3) is 0.400. The number of nitriles is 1. The maximum atomic E-state index is 13.3. The molecule has 148 valence electrons. The summed E-state index contributed by atoms with van der Waals surface area (Å²) in [7, 11) is 0. The van der Waals surface area contributed by atoms with Gasteiger partial charge < -0.3 is 4.90 Å². The third kappa shape index (κ3) is 2.48. The lowest BCUT2D eigenvalue weighted by Gasteiger charge is -2.23. The Labute approximate surface area is 165 Å². The van der Waals surface area contributed by atoms with Gasteiger partial charge in [0.25, 0.3) is 6.43 Å². The fourth-order valence-electron chi connectivity index (χ4n) is 4.44. The van der Waals surface area contributed by atoms with E-state index in [1.54, 1.807) is 33.9 Å². The molecule has 4 heterocycles. The van der Waals surface area contributed by atoms with Crippen LogP contribution >= 0.6 is 0 Å². The molecule has 3 aromatic heterocycles. The molecule has 2 atom stereocenters. The maximum Gasteiger partial charge on any atom is 0.266 e. The summed E-state index contributed by atoms with van der Waals surface area (Å²) in [6.07, 6.45) is 4.87. The Bertz CT molecular complexity index is 1160. The van der Waals surface area contributed by atoms with Gasteiger partial charge in [0, 0.05) is 24.9 Å². The van der Waals surface area contributed by atoms with Crippen molar-refractivity contribution in [2.24, 2.45) is 17.3 Å². The van der Waals surface area contributed by atoms with Crippen LogP contribution in [-0.4, -0.2) is 31.8 Å². The van der Waals surface area contributed by atoms with Crippen LogP contribution in [0.15, 0.2) is 36.9 Å². The Morgan fingerprint density at radius 1 is 1.31 bits per heavy atom. The van der Waals surface area contributed by atoms with Crippen LogP contribution in [0.3, 0.4) is 0 Å². The third-order valence-corrected chi connectivity index (χ3v) is 6.12. The Kier molecular flexibility index (Phi) is 3.75. The number of fused-ring (bicyclic) bond motifs is 1. The van der Waals surface area contributed by atoms with E-state index >= 15 is 0 Å². The molecule has 3 aromatic rings. The van der Waals surface area contributed by atoms with Crippen LogP contribution in [-0.2, 0) is 4.79 Å². The Balaban J connectivity index is 1.57. The molecule has 0 N–H and O–H groups in total. The zero-order valence-electron chi connectivity index (χ0n) is 15.7. The summed E-state index contributed by atoms with van der Waals surface area (Å²) in [6.45, 7) is 2.41. The molecule has 5 rings (SSSR count). The highest BCUT2D eigenvalue weighted by Crippen LogP contribution is 2.54. The number of nitrogens with zero attached hydrogens (tertiary/aromatic N) is 6. The van der Waals surface area contributed by atoms with Gasteiger partial charge in [-0.3, -0.25) is 4.79 Å². The highest BCUT2D eigenvalue weighted by molar-refractivity contribution is 6.05. The van der Waals surface area contributed by atoms with E-state index in [-0.39, 0.29) is 23.3 Å². The van der Waals surface area contributed by atoms with Gasteiger partial charge in [0.15, 0.2) is 0 Å². The van der Waals surface area contributed by atoms with Crippen LogP contribution in [0.25, 0.3) is 11.2 Å². The van der Waals surface area contributed by atoms with Crippen molar-refractivity contribution < 1.29 is 13.6 Å². The number of anilines is 1. The normalized spacial score (nSPS) is 24.6. The minimum absolute atomic E-state index is 0.0742. The van der Waals surface area contributed by atoms with Crippen molar-refractivity contribution in [2.45, 2.75) is 26.2 Å². The van der Waals surface area contributed by atoms with Crippen LogP contribution in [0, 0.1) is 28.6 Å². The number of carbonyl (C=O) groups excluding carboxylic acids is 1. The summed E-state index contributed by atoms with van der Waals surface area (Å²) in [5.74, 6) is -0.114. The first-order chi connectivity index (χ1) is 14.0. The second kappa shape index (κ2) is 6.11. The minimum atomic E-state index is -2.60. The molecule has 0 aromatic carbocycles. The topological polar surface area (TPSA) is 79.2 Å². The van der Waals surface area contributed by atoms with Crippen molar-refractivity contribution in [3.63, 3.8) is 0 Å². The smallest absolute Gasteiger partial charge is 0.266 e. The molecule has 9 heteroatoms. The lowest BCUT2D eigenvalue weighted by molar-refractivity contribution is -0.124. The van der Waals surface area contributed by atoms with E-state index in [1.165, 1.54) is 10.9 Å². The highest BCUT2D eigenvalue weighted by atomic mass is 19.3. The highest BCUT2D eigenvalue weighted by Gasteiger charge is 2.61. The molecule has 1 saturated carbocycles. The van der Waals surface area contributed by atoms with Crippen molar-refractivity contribution in [2.75, 3.05) is 11.4 Å². The average molecular weight is 396 g/mol. The van der Waals surface area contributed by atoms with Crippen LogP contribution in [0.1, 0.15) is 31.8 Å². The third-order valence-electron chi connectivity index (χ3n) is 6.12. The van der Waals surface area contributed by atoms with Crippen LogP contribution in [0.4, 0.5) is 14.5 Å². The number of alkyl halides is 2. The standard InChI is InChI=1S/C20H18F2N6O/c1-12-8-26(19(29)20(12,11-23)14-2-3-14)16-4-5-24-28-10-15(6-17(16)28)27-9-13(7-25-27)18(21)22/h4-7,9-10,12,14,18H,2-3,8H2,1H3/t12-,20+/m1/s1. The summed E-state index contributed by atoms with van der Waals surface area (Å²) >= 11 is 0. The van der Waals surface area contributed by atoms with Gasteiger partial charge in [0.1, 0.15) is 5.41 Å². The van der Waals surface area contributed by atoms with Gasteiger partial charge >= 0.3 is 0 Å². The molecule has 0 radical (unpaired) electrons. The molecule has 1 aliphatic heterocycles. The van der Waals surface area contributed by atoms with E-state index in [9.17, 15) is 18.8 Å². The average Bonchev–Trinajstić information content (AvgIpc) is 3.17. The van der Waals surface area contributed by atoms with Crippen LogP contribution < -0.4 is 4.90 Å². The predicted molar refractivity (Wildman–Crippen MR) is 99.6 cm³/mol. The molecule has 2 aliphatic rings. The molecule has 0 spiro atoms. The SMILES string of the molecule is C[C@@H]1CN(c2ccnn3cc(-n4cc(C(F)F)cn4)cc23)C(=O)[C@]1(C#N)C1CC1. The molecule has 1 saturated heterocycles. The van der Waals surface area contributed by atoms with Crippen LogP contribution in [0.2, 0.25) is 0 Å². The summed E-state index contributed by atoms with van der Waals surface area (Å²) in [6, 6.07) is 5.84. The predicted octanol–water partition coefficient (Wildman–Crippen LogP) is 3.36. The second-order valence-electron chi connectivity index (χ2n) is 7.84. The van der Waals surface area contributed by atoms with Crippen molar-refractivity contribution in [3.8, 4) is 11.8 Å². The van der Waals surface area contributed by atoms with E-state index in [0.29, 0.717) is 23.4 Å². The number of halogens is 2. The number of amides is 1. The fourth-order valence-corrected chi connectivity index (χ4v) is 4.44. The molecular weight excluding hydrogens is 378 g/mol. The van der Waals surface area contributed by atoms with Gasteiger partial charge in [-0.25, -0.2) is 18.0 Å². The number of hydrogen-bond donors (Lipinski definition) is 0. The lowest BCUT2D eigenvalue weighted by atomic mass is 9.75. The Morgan fingerprint density at radius 2 is 2.10 bits per heavy atom. The zero-order valence-corrected chi connectivity index (χ0v) is 15.7. The summed E-state index contributed by atoms with van der Waals surface area (Å²) in [5, 5.41) is 18.1. The monoisotopic (exact) mass is 396 g/mol. The van der Waals surface area contributed by atoms with Crippen molar-refractivity contribution in [3.05, 3.63) is 42.5 Å². The van der Waals surface area contributed by atoms with E-state index in [0.717, 1.165) is 19.0 Å². The minimum Gasteiger partial charge on any atom is -0.309 e. The van der Waals surface area contributed by atoms with E-state index < -0.39 is 11.8 Å². The zero-order chi connectivity index (χ0) is 20.3.